The molecule has 0 amide bonds. The Morgan fingerprint density at radius 1 is 1.05 bits per heavy atom. The largest absolute Gasteiger partial charge is 0.508 e. The van der Waals surface area contributed by atoms with Gasteiger partial charge in [-0.3, -0.25) is 0 Å². The highest BCUT2D eigenvalue weighted by molar-refractivity contribution is 5.89. The molecule has 1 N–H and O–H groups in total. The quantitative estimate of drug-likeness (QED) is 0.807. The second-order valence-electron chi connectivity index (χ2n) is 4.89. The molecule has 0 aliphatic carbocycles. The molecule has 2 rings (SSSR count). The number of hydrogen-bond donors (Lipinski definition) is 1. The van der Waals surface area contributed by atoms with E-state index in [1.165, 1.54) is 0 Å². The molecular formula is C18H20O4. The van der Waals surface area contributed by atoms with Crippen molar-refractivity contribution in [2.75, 3.05) is 6.61 Å². The van der Waals surface area contributed by atoms with E-state index in [-0.39, 0.29) is 11.7 Å². The van der Waals surface area contributed by atoms with Crippen molar-refractivity contribution in [1.29, 1.82) is 0 Å². The molecule has 0 aromatic heterocycles. The van der Waals surface area contributed by atoms with Crippen LogP contribution in [0.2, 0.25) is 0 Å². The van der Waals surface area contributed by atoms with Crippen LogP contribution >= 0.6 is 0 Å². The van der Waals surface area contributed by atoms with Crippen molar-refractivity contribution in [3.8, 4) is 17.2 Å². The summed E-state index contributed by atoms with van der Waals surface area (Å²) in [5.41, 5.74) is 1.36. The van der Waals surface area contributed by atoms with E-state index in [1.807, 2.05) is 6.07 Å². The van der Waals surface area contributed by atoms with Crippen LogP contribution in [-0.4, -0.2) is 17.7 Å². The van der Waals surface area contributed by atoms with Crippen LogP contribution < -0.4 is 4.74 Å². The minimum absolute atomic E-state index is 0.284. The van der Waals surface area contributed by atoms with Crippen LogP contribution in [0.25, 0.3) is 0 Å². The molecule has 0 spiro atoms. The van der Waals surface area contributed by atoms with Gasteiger partial charge in [0.2, 0.25) is 0 Å². The number of phenols is 1. The van der Waals surface area contributed by atoms with Crippen molar-refractivity contribution < 1.29 is 19.4 Å². The molecule has 2 aromatic carbocycles. The van der Waals surface area contributed by atoms with E-state index in [0.29, 0.717) is 23.7 Å². The fourth-order valence-corrected chi connectivity index (χ4v) is 2.10. The highest BCUT2D eigenvalue weighted by Gasteiger charge is 2.07. The highest BCUT2D eigenvalue weighted by Crippen LogP contribution is 2.28. The van der Waals surface area contributed by atoms with Gasteiger partial charge in [-0.25, -0.2) is 4.79 Å². The SMILES string of the molecule is CCCc1cc(Oc2ccc(C(=O)OCC)cc2)ccc1O. The Morgan fingerprint density at radius 2 is 1.73 bits per heavy atom. The third-order valence-corrected chi connectivity index (χ3v) is 3.17. The lowest BCUT2D eigenvalue weighted by Gasteiger charge is -2.09. The average molecular weight is 300 g/mol. The van der Waals surface area contributed by atoms with E-state index >= 15 is 0 Å². The molecule has 0 heterocycles. The van der Waals surface area contributed by atoms with Crippen molar-refractivity contribution in [3.63, 3.8) is 0 Å². The molecular weight excluding hydrogens is 280 g/mol. The Morgan fingerprint density at radius 3 is 2.36 bits per heavy atom. The number of ether oxygens (including phenoxy) is 2. The van der Waals surface area contributed by atoms with Gasteiger partial charge in [-0.15, -0.1) is 0 Å². The summed E-state index contributed by atoms with van der Waals surface area (Å²) >= 11 is 0. The summed E-state index contributed by atoms with van der Waals surface area (Å²) in [6, 6.07) is 12.0. The van der Waals surface area contributed by atoms with Crippen molar-refractivity contribution in [3.05, 3.63) is 53.6 Å². The first-order chi connectivity index (χ1) is 10.6. The number of benzene rings is 2. The topological polar surface area (TPSA) is 55.8 Å². The summed E-state index contributed by atoms with van der Waals surface area (Å²) in [5, 5.41) is 9.77. The molecule has 4 nitrogen and oxygen atoms in total. The number of aryl methyl sites for hydroxylation is 1. The van der Waals surface area contributed by atoms with Gasteiger partial charge >= 0.3 is 5.97 Å². The second-order valence-corrected chi connectivity index (χ2v) is 4.89. The zero-order valence-electron chi connectivity index (χ0n) is 12.8. The molecule has 0 bridgehead atoms. The van der Waals surface area contributed by atoms with Gasteiger partial charge in [0.1, 0.15) is 17.2 Å². The van der Waals surface area contributed by atoms with Crippen LogP contribution in [0.3, 0.4) is 0 Å². The smallest absolute Gasteiger partial charge is 0.338 e. The number of carbonyl (C=O) groups excluding carboxylic acids is 1. The van der Waals surface area contributed by atoms with Crippen LogP contribution in [0.4, 0.5) is 0 Å². The second kappa shape index (κ2) is 7.50. The average Bonchev–Trinajstić information content (AvgIpc) is 2.52. The zero-order chi connectivity index (χ0) is 15.9. The molecule has 0 unspecified atom stereocenters. The maximum atomic E-state index is 11.6. The molecule has 0 atom stereocenters. The number of aromatic hydroxyl groups is 1. The number of phenolic OH excluding ortho intramolecular Hbond substituents is 1. The maximum Gasteiger partial charge on any atom is 0.338 e. The Balaban J connectivity index is 2.10. The van der Waals surface area contributed by atoms with Gasteiger partial charge in [0.15, 0.2) is 0 Å². The van der Waals surface area contributed by atoms with E-state index in [9.17, 15) is 9.90 Å². The van der Waals surface area contributed by atoms with Gasteiger partial charge < -0.3 is 14.6 Å². The molecule has 0 fully saturated rings. The fourth-order valence-electron chi connectivity index (χ4n) is 2.10. The van der Waals surface area contributed by atoms with Crippen molar-refractivity contribution in [1.82, 2.24) is 0 Å². The molecule has 0 aliphatic rings. The first-order valence-corrected chi connectivity index (χ1v) is 7.41. The van der Waals surface area contributed by atoms with Crippen molar-refractivity contribution in [2.45, 2.75) is 26.7 Å². The normalized spacial score (nSPS) is 10.3. The number of rotatable bonds is 6. The predicted molar refractivity (Wildman–Crippen MR) is 84.6 cm³/mol. The van der Waals surface area contributed by atoms with E-state index in [4.69, 9.17) is 9.47 Å². The summed E-state index contributed by atoms with van der Waals surface area (Å²) < 4.78 is 10.7. The zero-order valence-corrected chi connectivity index (χ0v) is 12.8. The van der Waals surface area contributed by atoms with Gasteiger partial charge in [-0.1, -0.05) is 13.3 Å². The molecule has 0 aliphatic heterocycles. The third kappa shape index (κ3) is 4.01. The minimum atomic E-state index is -0.344. The Hall–Kier alpha value is -2.49. The Labute approximate surface area is 130 Å². The van der Waals surface area contributed by atoms with Crippen LogP contribution in [0.15, 0.2) is 42.5 Å². The summed E-state index contributed by atoms with van der Waals surface area (Å²) in [4.78, 5) is 11.6. The number of hydrogen-bond acceptors (Lipinski definition) is 4. The molecule has 4 heteroatoms. The highest BCUT2D eigenvalue weighted by atomic mass is 16.5. The first kappa shape index (κ1) is 15.9. The molecule has 2 aromatic rings. The van der Waals surface area contributed by atoms with Gasteiger partial charge in [0.25, 0.3) is 0 Å². The van der Waals surface area contributed by atoms with E-state index in [2.05, 4.69) is 6.92 Å². The Kier molecular flexibility index (Phi) is 5.42. The molecule has 0 saturated carbocycles. The van der Waals surface area contributed by atoms with Crippen LogP contribution in [0.1, 0.15) is 36.2 Å². The Bertz CT molecular complexity index is 632. The molecule has 22 heavy (non-hydrogen) atoms. The molecule has 0 saturated heterocycles. The third-order valence-electron chi connectivity index (χ3n) is 3.17. The maximum absolute atomic E-state index is 11.6. The van der Waals surface area contributed by atoms with Crippen LogP contribution in [0.5, 0.6) is 17.2 Å². The molecule has 116 valence electrons. The standard InChI is InChI=1S/C18H20O4/c1-3-5-14-12-16(10-11-17(14)19)22-15-8-6-13(7-9-15)18(20)21-4-2/h6-12,19H,3-5H2,1-2H3. The van der Waals surface area contributed by atoms with Gasteiger partial charge in [-0.05, 0) is 61.4 Å². The van der Waals surface area contributed by atoms with E-state index in [0.717, 1.165) is 18.4 Å². The summed E-state index contributed by atoms with van der Waals surface area (Å²) in [6.07, 6.45) is 1.75. The number of esters is 1. The van der Waals surface area contributed by atoms with Crippen molar-refractivity contribution in [2.24, 2.45) is 0 Å². The van der Waals surface area contributed by atoms with Gasteiger partial charge in [-0.2, -0.15) is 0 Å². The lowest BCUT2D eigenvalue weighted by atomic mass is 10.1. The summed E-state index contributed by atoms with van der Waals surface area (Å²) in [7, 11) is 0. The summed E-state index contributed by atoms with van der Waals surface area (Å²) in [6.45, 7) is 4.18. The van der Waals surface area contributed by atoms with Crippen molar-refractivity contribution >= 4 is 5.97 Å². The predicted octanol–water partition coefficient (Wildman–Crippen LogP) is 4.31. The van der Waals surface area contributed by atoms with Gasteiger partial charge in [0, 0.05) is 0 Å². The van der Waals surface area contributed by atoms with E-state index in [1.54, 1.807) is 43.3 Å². The summed E-state index contributed by atoms with van der Waals surface area (Å²) in [5.74, 6) is 1.22. The van der Waals surface area contributed by atoms with Crippen LogP contribution in [-0.2, 0) is 11.2 Å². The fraction of sp³-hybridized carbons (Fsp3) is 0.278. The minimum Gasteiger partial charge on any atom is -0.508 e. The van der Waals surface area contributed by atoms with Crippen LogP contribution in [0, 0.1) is 0 Å². The van der Waals surface area contributed by atoms with Gasteiger partial charge in [0.05, 0.1) is 12.2 Å². The lowest BCUT2D eigenvalue weighted by Crippen LogP contribution is -2.04. The van der Waals surface area contributed by atoms with E-state index < -0.39 is 0 Å². The molecule has 0 radical (unpaired) electrons. The first-order valence-electron chi connectivity index (χ1n) is 7.41. The monoisotopic (exact) mass is 300 g/mol. The lowest BCUT2D eigenvalue weighted by molar-refractivity contribution is 0.0526. The number of carbonyl (C=O) groups is 1.